The Morgan fingerprint density at radius 2 is 1.44 bits per heavy atom. The number of rotatable bonds is 3. The first-order valence-electron chi connectivity index (χ1n) is 9.60. The molecular formula is C22H12F2N8. The fourth-order valence-corrected chi connectivity index (χ4v) is 3.51. The molecule has 0 fully saturated rings. The van der Waals surface area contributed by atoms with Gasteiger partial charge in [-0.2, -0.15) is 0 Å². The van der Waals surface area contributed by atoms with Crippen molar-refractivity contribution >= 4 is 11.3 Å². The number of nitrogens with zero attached hydrogens (tertiary/aromatic N) is 8. The maximum absolute atomic E-state index is 14.6. The third-order valence-electron chi connectivity index (χ3n) is 4.95. The molecule has 0 saturated heterocycles. The van der Waals surface area contributed by atoms with Crippen molar-refractivity contribution in [2.24, 2.45) is 0 Å². The van der Waals surface area contributed by atoms with Gasteiger partial charge in [0.05, 0.1) is 11.9 Å². The van der Waals surface area contributed by atoms with Crippen molar-refractivity contribution in [1.82, 2.24) is 39.2 Å². The van der Waals surface area contributed by atoms with E-state index in [0.29, 0.717) is 39.7 Å². The third kappa shape index (κ3) is 2.88. The zero-order valence-corrected chi connectivity index (χ0v) is 16.3. The molecule has 0 amide bonds. The van der Waals surface area contributed by atoms with Gasteiger partial charge in [-0.1, -0.05) is 0 Å². The predicted molar refractivity (Wildman–Crippen MR) is 111 cm³/mol. The number of pyridine rings is 4. The van der Waals surface area contributed by atoms with E-state index in [4.69, 9.17) is 0 Å². The van der Waals surface area contributed by atoms with Crippen LogP contribution in [0.1, 0.15) is 0 Å². The molecule has 8 nitrogen and oxygen atoms in total. The van der Waals surface area contributed by atoms with Gasteiger partial charge in [-0.25, -0.2) is 27.8 Å². The lowest BCUT2D eigenvalue weighted by Crippen LogP contribution is -2.00. The topological polar surface area (TPSA) is 86.2 Å². The lowest BCUT2D eigenvalue weighted by Gasteiger charge is -2.06. The van der Waals surface area contributed by atoms with Gasteiger partial charge in [0.15, 0.2) is 28.8 Å². The third-order valence-corrected chi connectivity index (χ3v) is 4.95. The van der Waals surface area contributed by atoms with Crippen LogP contribution in [-0.4, -0.2) is 39.2 Å². The average molecular weight is 426 g/mol. The van der Waals surface area contributed by atoms with E-state index in [0.717, 1.165) is 0 Å². The Hall–Kier alpha value is -4.60. The van der Waals surface area contributed by atoms with Gasteiger partial charge in [0.2, 0.25) is 0 Å². The number of aromatic nitrogens is 8. The molecule has 0 aromatic carbocycles. The van der Waals surface area contributed by atoms with Crippen LogP contribution < -0.4 is 0 Å². The van der Waals surface area contributed by atoms with Crippen LogP contribution in [0.4, 0.5) is 8.78 Å². The summed E-state index contributed by atoms with van der Waals surface area (Å²) in [6.45, 7) is 0. The Labute approximate surface area is 178 Å². The van der Waals surface area contributed by atoms with Gasteiger partial charge in [-0.3, -0.25) is 9.97 Å². The fraction of sp³-hybridized carbons (Fsp3) is 0. The highest BCUT2D eigenvalue weighted by Crippen LogP contribution is 2.29. The smallest absolute Gasteiger partial charge is 0.192 e. The monoisotopic (exact) mass is 426 g/mol. The molecule has 6 heterocycles. The van der Waals surface area contributed by atoms with E-state index >= 15 is 0 Å². The highest BCUT2D eigenvalue weighted by molar-refractivity contribution is 5.78. The number of fused-ring (bicyclic) bond motifs is 2. The first-order chi connectivity index (χ1) is 15.7. The van der Waals surface area contributed by atoms with Crippen molar-refractivity contribution in [2.45, 2.75) is 0 Å². The zero-order chi connectivity index (χ0) is 21.7. The number of halogens is 2. The summed E-state index contributed by atoms with van der Waals surface area (Å²) < 4.78 is 31.8. The zero-order valence-electron chi connectivity index (χ0n) is 16.3. The Balaban J connectivity index is 1.60. The normalized spacial score (nSPS) is 11.4. The van der Waals surface area contributed by atoms with Crippen molar-refractivity contribution in [1.29, 1.82) is 0 Å². The summed E-state index contributed by atoms with van der Waals surface area (Å²) in [6, 6.07) is 11.2. The lowest BCUT2D eigenvalue weighted by atomic mass is 10.1. The molecule has 0 aliphatic heterocycles. The summed E-state index contributed by atoms with van der Waals surface area (Å²) in [7, 11) is 0. The highest BCUT2D eigenvalue weighted by Gasteiger charge is 2.19. The van der Waals surface area contributed by atoms with Crippen LogP contribution in [0, 0.1) is 11.6 Å². The van der Waals surface area contributed by atoms with Crippen molar-refractivity contribution in [3.63, 3.8) is 0 Å². The molecule has 0 spiro atoms. The largest absolute Gasteiger partial charge is 0.264 e. The Morgan fingerprint density at radius 3 is 2.12 bits per heavy atom. The fourth-order valence-electron chi connectivity index (χ4n) is 3.51. The number of hydrogen-bond acceptors (Lipinski definition) is 6. The van der Waals surface area contributed by atoms with Gasteiger partial charge in [0.25, 0.3) is 0 Å². The predicted octanol–water partition coefficient (Wildman–Crippen LogP) is 3.84. The van der Waals surface area contributed by atoms with Crippen LogP contribution in [0.25, 0.3) is 45.3 Å². The van der Waals surface area contributed by atoms with Gasteiger partial charge < -0.3 is 0 Å². The summed E-state index contributed by atoms with van der Waals surface area (Å²) in [6.07, 6.45) is 7.71. The van der Waals surface area contributed by atoms with Gasteiger partial charge in [0, 0.05) is 41.5 Å². The summed E-state index contributed by atoms with van der Waals surface area (Å²) in [4.78, 5) is 17.0. The summed E-state index contributed by atoms with van der Waals surface area (Å²) in [5.41, 5.74) is 2.52. The van der Waals surface area contributed by atoms with E-state index in [1.807, 2.05) is 6.07 Å². The molecule has 0 N–H and O–H groups in total. The van der Waals surface area contributed by atoms with Gasteiger partial charge >= 0.3 is 0 Å². The van der Waals surface area contributed by atoms with Crippen LogP contribution in [0.15, 0.2) is 73.4 Å². The lowest BCUT2D eigenvalue weighted by molar-refractivity contribution is 0.615. The van der Waals surface area contributed by atoms with E-state index in [1.54, 1.807) is 43.0 Å². The van der Waals surface area contributed by atoms with E-state index in [1.165, 1.54) is 33.4 Å². The second kappa shape index (κ2) is 6.98. The minimum absolute atomic E-state index is 0.00997. The average Bonchev–Trinajstić information content (AvgIpc) is 3.46. The molecular weight excluding hydrogens is 414 g/mol. The molecule has 0 radical (unpaired) electrons. The van der Waals surface area contributed by atoms with Gasteiger partial charge in [-0.15, -0.1) is 10.2 Å². The standard InChI is InChI=1S/C22H12F2N8/c23-15-9-16(21-27-19(29-31(21)12-15)13-3-1-7-25-10-13)18-6-5-17(24)22-28-20(30-32(18)22)14-4-2-8-26-11-14/h1-12H. The van der Waals surface area contributed by atoms with Crippen LogP contribution in [0.2, 0.25) is 0 Å². The second-order valence-corrected chi connectivity index (χ2v) is 7.00. The minimum atomic E-state index is -0.554. The Bertz CT molecular complexity index is 1590. The molecule has 10 heteroatoms. The Morgan fingerprint density at radius 1 is 0.750 bits per heavy atom. The molecule has 0 saturated carbocycles. The molecule has 6 rings (SSSR count). The van der Waals surface area contributed by atoms with E-state index in [-0.39, 0.29) is 5.65 Å². The van der Waals surface area contributed by atoms with Crippen LogP contribution >= 0.6 is 0 Å². The maximum atomic E-state index is 14.6. The SMILES string of the molecule is Fc1cc(-c2ccc(F)c3nc(-c4cccnc4)nn23)c2nc(-c3cccnc3)nn2c1. The molecule has 154 valence electrons. The molecule has 0 aliphatic rings. The molecule has 0 aliphatic carbocycles. The van der Waals surface area contributed by atoms with Crippen molar-refractivity contribution < 1.29 is 8.78 Å². The minimum Gasteiger partial charge on any atom is -0.264 e. The summed E-state index contributed by atoms with van der Waals surface area (Å²) in [5.74, 6) is -0.395. The van der Waals surface area contributed by atoms with Crippen molar-refractivity contribution in [3.05, 3.63) is 85.1 Å². The highest BCUT2D eigenvalue weighted by atomic mass is 19.1. The first-order valence-corrected chi connectivity index (χ1v) is 9.60. The van der Waals surface area contributed by atoms with Crippen LogP contribution in [0.3, 0.4) is 0 Å². The van der Waals surface area contributed by atoms with Gasteiger partial charge in [0.1, 0.15) is 5.82 Å². The molecule has 0 unspecified atom stereocenters. The molecule has 0 atom stereocenters. The van der Waals surface area contributed by atoms with Crippen LogP contribution in [0.5, 0.6) is 0 Å². The number of hydrogen-bond donors (Lipinski definition) is 0. The van der Waals surface area contributed by atoms with Crippen molar-refractivity contribution in [3.8, 4) is 34.0 Å². The first kappa shape index (κ1) is 18.2. The summed E-state index contributed by atoms with van der Waals surface area (Å²) in [5, 5.41) is 8.84. The second-order valence-electron chi connectivity index (χ2n) is 7.00. The summed E-state index contributed by atoms with van der Waals surface area (Å²) >= 11 is 0. The van der Waals surface area contributed by atoms with Gasteiger partial charge in [-0.05, 0) is 42.5 Å². The van der Waals surface area contributed by atoms with E-state index in [2.05, 4.69) is 30.1 Å². The molecule has 6 aromatic heterocycles. The quantitative estimate of drug-likeness (QED) is 0.427. The van der Waals surface area contributed by atoms with E-state index < -0.39 is 11.6 Å². The van der Waals surface area contributed by atoms with E-state index in [9.17, 15) is 8.78 Å². The molecule has 0 bridgehead atoms. The van der Waals surface area contributed by atoms with Crippen molar-refractivity contribution in [2.75, 3.05) is 0 Å². The maximum Gasteiger partial charge on any atom is 0.192 e. The molecule has 32 heavy (non-hydrogen) atoms. The Kier molecular flexibility index (Phi) is 3.97. The molecule has 6 aromatic rings. The van der Waals surface area contributed by atoms with Crippen LogP contribution in [-0.2, 0) is 0 Å².